The van der Waals surface area contributed by atoms with Crippen molar-refractivity contribution in [3.05, 3.63) is 53.4 Å². The van der Waals surface area contributed by atoms with Crippen LogP contribution in [0, 0.1) is 17.3 Å². The maximum absolute atomic E-state index is 14.0. The number of carbonyl (C=O) groups excluding carboxylic acids is 2. The van der Waals surface area contributed by atoms with Gasteiger partial charge in [-0.15, -0.1) is 23.1 Å². The van der Waals surface area contributed by atoms with Gasteiger partial charge in [0.25, 0.3) is 0 Å². The molecule has 1 aliphatic heterocycles. The standard InChI is InChI=1S/C28H39NO3S2/c1-21(2)20-28(15-17-29(26(28)31)16-13-22-10-7-6-8-11-22)23(25(30)32-27(3,4)5)14-19-34-24-12-9-18-33-24/h6-12,18,21,23H,13-17,19-20H2,1-5H3. The highest BCUT2D eigenvalue weighted by Gasteiger charge is 2.55. The second-order valence-electron chi connectivity index (χ2n) is 10.7. The number of amides is 1. The Labute approximate surface area is 213 Å². The summed E-state index contributed by atoms with van der Waals surface area (Å²) in [6.07, 6.45) is 2.89. The molecule has 0 radical (unpaired) electrons. The van der Waals surface area contributed by atoms with Gasteiger partial charge in [0.2, 0.25) is 5.91 Å². The van der Waals surface area contributed by atoms with Crippen LogP contribution < -0.4 is 0 Å². The Morgan fingerprint density at radius 2 is 1.91 bits per heavy atom. The van der Waals surface area contributed by atoms with Crippen molar-refractivity contribution in [1.82, 2.24) is 4.90 Å². The van der Waals surface area contributed by atoms with Crippen molar-refractivity contribution < 1.29 is 14.3 Å². The van der Waals surface area contributed by atoms with E-state index in [2.05, 4.69) is 37.4 Å². The van der Waals surface area contributed by atoms with Gasteiger partial charge in [-0.3, -0.25) is 9.59 Å². The molecule has 1 aromatic heterocycles. The second-order valence-corrected chi connectivity index (χ2v) is 13.0. The summed E-state index contributed by atoms with van der Waals surface area (Å²) in [5.74, 6) is 0.581. The second kappa shape index (κ2) is 11.8. The highest BCUT2D eigenvalue weighted by molar-refractivity contribution is 8.01. The Morgan fingerprint density at radius 3 is 2.53 bits per heavy atom. The van der Waals surface area contributed by atoms with Gasteiger partial charge in [-0.25, -0.2) is 0 Å². The van der Waals surface area contributed by atoms with Crippen LogP contribution in [-0.2, 0) is 20.7 Å². The van der Waals surface area contributed by atoms with E-state index >= 15 is 0 Å². The molecule has 2 atom stereocenters. The number of nitrogens with zero attached hydrogens (tertiary/aromatic N) is 1. The van der Waals surface area contributed by atoms with Crippen molar-refractivity contribution >= 4 is 35.0 Å². The van der Waals surface area contributed by atoms with Gasteiger partial charge in [-0.1, -0.05) is 50.2 Å². The van der Waals surface area contributed by atoms with Crippen molar-refractivity contribution in [2.75, 3.05) is 18.8 Å². The van der Waals surface area contributed by atoms with Crippen molar-refractivity contribution in [2.45, 2.75) is 70.1 Å². The fourth-order valence-electron chi connectivity index (χ4n) is 4.98. The average molecular weight is 502 g/mol. The molecular weight excluding hydrogens is 462 g/mol. The average Bonchev–Trinajstić information content (AvgIpc) is 3.38. The summed E-state index contributed by atoms with van der Waals surface area (Å²) >= 11 is 3.47. The fraction of sp³-hybridized carbons (Fsp3) is 0.571. The molecule has 186 valence electrons. The van der Waals surface area contributed by atoms with Crippen LogP contribution in [0.4, 0.5) is 0 Å². The van der Waals surface area contributed by atoms with Crippen molar-refractivity contribution in [3.8, 4) is 0 Å². The lowest BCUT2D eigenvalue weighted by Gasteiger charge is -2.37. The lowest BCUT2D eigenvalue weighted by Crippen LogP contribution is -2.46. The zero-order valence-electron chi connectivity index (χ0n) is 21.2. The number of hydrogen-bond donors (Lipinski definition) is 0. The number of thiophene rings is 1. The first-order valence-electron chi connectivity index (χ1n) is 12.3. The third-order valence-electron chi connectivity index (χ3n) is 6.33. The third kappa shape index (κ3) is 7.11. The molecule has 2 aromatic rings. The van der Waals surface area contributed by atoms with Crippen LogP contribution in [0.2, 0.25) is 0 Å². The molecule has 2 unspecified atom stereocenters. The number of ether oxygens (including phenoxy) is 1. The first-order valence-corrected chi connectivity index (χ1v) is 14.2. The van der Waals surface area contributed by atoms with Crippen LogP contribution >= 0.6 is 23.1 Å². The van der Waals surface area contributed by atoms with E-state index in [4.69, 9.17) is 4.74 Å². The van der Waals surface area contributed by atoms with E-state index in [0.717, 1.165) is 12.2 Å². The molecule has 1 aliphatic rings. The monoisotopic (exact) mass is 501 g/mol. The predicted molar refractivity (Wildman–Crippen MR) is 142 cm³/mol. The summed E-state index contributed by atoms with van der Waals surface area (Å²) in [7, 11) is 0. The van der Waals surface area contributed by atoms with E-state index in [1.54, 1.807) is 23.1 Å². The van der Waals surface area contributed by atoms with Gasteiger partial charge in [0.1, 0.15) is 5.60 Å². The van der Waals surface area contributed by atoms with E-state index < -0.39 is 16.9 Å². The summed E-state index contributed by atoms with van der Waals surface area (Å²) in [5.41, 5.74) is -0.0414. The number of carbonyl (C=O) groups is 2. The summed E-state index contributed by atoms with van der Waals surface area (Å²) in [4.78, 5) is 29.5. The maximum Gasteiger partial charge on any atom is 0.310 e. The lowest BCUT2D eigenvalue weighted by atomic mass is 9.67. The number of esters is 1. The van der Waals surface area contributed by atoms with Crippen molar-refractivity contribution in [3.63, 3.8) is 0 Å². The molecule has 0 spiro atoms. The quantitative estimate of drug-likeness (QED) is 0.254. The van der Waals surface area contributed by atoms with E-state index in [0.29, 0.717) is 38.3 Å². The highest BCUT2D eigenvalue weighted by Crippen LogP contribution is 2.47. The molecule has 0 aliphatic carbocycles. The molecule has 4 nitrogen and oxygen atoms in total. The minimum Gasteiger partial charge on any atom is -0.460 e. The minimum atomic E-state index is -0.691. The van der Waals surface area contributed by atoms with Crippen LogP contribution in [0.5, 0.6) is 0 Å². The van der Waals surface area contributed by atoms with Crippen LogP contribution in [-0.4, -0.2) is 41.2 Å². The van der Waals surface area contributed by atoms with Gasteiger partial charge >= 0.3 is 5.97 Å². The molecule has 0 N–H and O–H groups in total. The molecular formula is C28H39NO3S2. The number of rotatable bonds is 11. The Bertz CT molecular complexity index is 921. The SMILES string of the molecule is CC(C)CC1(C(CCSc2cccs2)C(=O)OC(C)(C)C)CCN(CCc2ccccc2)C1=O. The smallest absolute Gasteiger partial charge is 0.310 e. The number of thioether (sulfide) groups is 1. The zero-order chi connectivity index (χ0) is 24.8. The van der Waals surface area contributed by atoms with Crippen LogP contribution in [0.15, 0.2) is 52.1 Å². The number of hydrogen-bond acceptors (Lipinski definition) is 5. The topological polar surface area (TPSA) is 46.6 Å². The number of benzene rings is 1. The molecule has 1 aromatic carbocycles. The summed E-state index contributed by atoms with van der Waals surface area (Å²) in [6.45, 7) is 11.4. The van der Waals surface area contributed by atoms with E-state index in [-0.39, 0.29) is 11.9 Å². The molecule has 6 heteroatoms. The first-order chi connectivity index (χ1) is 16.1. The van der Waals surface area contributed by atoms with Gasteiger partial charge in [-0.05, 0) is 75.1 Å². The Hall–Kier alpha value is -1.79. The molecule has 1 saturated heterocycles. The normalized spacial score (nSPS) is 19.6. The van der Waals surface area contributed by atoms with Crippen LogP contribution in [0.3, 0.4) is 0 Å². The molecule has 34 heavy (non-hydrogen) atoms. The molecule has 0 saturated carbocycles. The molecule has 1 amide bonds. The largest absolute Gasteiger partial charge is 0.460 e. The van der Waals surface area contributed by atoms with Gasteiger partial charge < -0.3 is 9.64 Å². The van der Waals surface area contributed by atoms with Gasteiger partial charge in [-0.2, -0.15) is 0 Å². The van der Waals surface area contributed by atoms with Crippen molar-refractivity contribution in [1.29, 1.82) is 0 Å². The summed E-state index contributed by atoms with van der Waals surface area (Å²) in [5, 5.41) is 2.07. The predicted octanol–water partition coefficient (Wildman–Crippen LogP) is 6.70. The zero-order valence-corrected chi connectivity index (χ0v) is 22.8. The highest BCUT2D eigenvalue weighted by atomic mass is 32.2. The molecule has 3 rings (SSSR count). The minimum absolute atomic E-state index is 0.133. The van der Waals surface area contributed by atoms with E-state index in [1.807, 2.05) is 49.9 Å². The number of likely N-dealkylation sites (tertiary alicyclic amines) is 1. The van der Waals surface area contributed by atoms with Crippen LogP contribution in [0.25, 0.3) is 0 Å². The van der Waals surface area contributed by atoms with Gasteiger partial charge in [0, 0.05) is 13.1 Å². The Balaban J connectivity index is 1.82. The van der Waals surface area contributed by atoms with Gasteiger partial charge in [0.05, 0.1) is 15.5 Å². The van der Waals surface area contributed by atoms with Gasteiger partial charge in [0.15, 0.2) is 0 Å². The first kappa shape index (κ1) is 26.8. The molecule has 1 fully saturated rings. The maximum atomic E-state index is 14.0. The summed E-state index contributed by atoms with van der Waals surface area (Å²) in [6, 6.07) is 14.4. The molecule has 0 bridgehead atoms. The Morgan fingerprint density at radius 1 is 1.18 bits per heavy atom. The van der Waals surface area contributed by atoms with E-state index in [1.165, 1.54) is 9.77 Å². The van der Waals surface area contributed by atoms with Crippen molar-refractivity contribution in [2.24, 2.45) is 17.3 Å². The lowest BCUT2D eigenvalue weighted by molar-refractivity contribution is -0.169. The summed E-state index contributed by atoms with van der Waals surface area (Å²) < 4.78 is 7.14. The van der Waals surface area contributed by atoms with Crippen LogP contribution in [0.1, 0.15) is 59.4 Å². The molecule has 2 heterocycles. The fourth-order valence-corrected chi connectivity index (χ4v) is 6.85. The third-order valence-corrected chi connectivity index (χ3v) is 8.50. The van der Waals surface area contributed by atoms with E-state index in [9.17, 15) is 9.59 Å². The Kier molecular flexibility index (Phi) is 9.27.